The lowest BCUT2D eigenvalue weighted by Gasteiger charge is -2.33. The number of hydrogen-bond acceptors (Lipinski definition) is 4. The summed E-state index contributed by atoms with van der Waals surface area (Å²) in [5.41, 5.74) is 4.07. The van der Waals surface area contributed by atoms with Crippen LogP contribution in [0.25, 0.3) is 0 Å². The van der Waals surface area contributed by atoms with E-state index in [2.05, 4.69) is 6.92 Å². The van der Waals surface area contributed by atoms with Gasteiger partial charge in [0, 0.05) is 0 Å². The van der Waals surface area contributed by atoms with Crippen molar-refractivity contribution in [3.8, 4) is 0 Å². The van der Waals surface area contributed by atoms with Crippen LogP contribution in [0.3, 0.4) is 0 Å². The summed E-state index contributed by atoms with van der Waals surface area (Å²) >= 11 is 0. The van der Waals surface area contributed by atoms with E-state index in [0.717, 1.165) is 28.7 Å². The fourth-order valence-corrected chi connectivity index (χ4v) is 3.09. The number of rotatable bonds is 5. The Hall–Kier alpha value is -1.58. The number of esters is 2. The van der Waals surface area contributed by atoms with Gasteiger partial charge in [-0.3, -0.25) is 9.59 Å². The predicted molar refractivity (Wildman–Crippen MR) is 81.6 cm³/mol. The Balaban J connectivity index is 3.34. The van der Waals surface area contributed by atoms with Crippen molar-refractivity contribution in [3.63, 3.8) is 0 Å². The molecule has 4 nitrogen and oxygen atoms in total. The molecule has 2 atom stereocenters. The van der Waals surface area contributed by atoms with Gasteiger partial charge in [-0.15, -0.1) is 0 Å². The molecule has 0 radical (unpaired) electrons. The van der Waals surface area contributed by atoms with Crippen molar-refractivity contribution in [1.29, 1.82) is 0 Å². The zero-order chi connectivity index (χ0) is 16.2. The molecule has 0 fully saturated rings. The van der Waals surface area contributed by atoms with Crippen molar-refractivity contribution in [2.45, 2.75) is 48.0 Å². The lowest BCUT2D eigenvalue weighted by atomic mass is 9.72. The number of allylic oxidation sites excluding steroid dienone is 2. The van der Waals surface area contributed by atoms with E-state index >= 15 is 0 Å². The maximum atomic E-state index is 12.4. The van der Waals surface area contributed by atoms with Gasteiger partial charge in [-0.1, -0.05) is 18.1 Å². The summed E-state index contributed by atoms with van der Waals surface area (Å²) < 4.78 is 10.4. The molecule has 0 aromatic rings. The maximum Gasteiger partial charge on any atom is 0.314 e. The van der Waals surface area contributed by atoms with Crippen molar-refractivity contribution < 1.29 is 19.1 Å². The summed E-state index contributed by atoms with van der Waals surface area (Å²) in [7, 11) is 0. The van der Waals surface area contributed by atoms with Gasteiger partial charge in [-0.2, -0.15) is 0 Å². The van der Waals surface area contributed by atoms with Gasteiger partial charge < -0.3 is 9.47 Å². The number of hydrogen-bond donors (Lipinski definition) is 0. The fraction of sp³-hybridized carbons (Fsp3) is 0.647. The van der Waals surface area contributed by atoms with Gasteiger partial charge in [-0.25, -0.2) is 0 Å². The molecule has 0 spiro atoms. The Labute approximate surface area is 127 Å². The van der Waals surface area contributed by atoms with Crippen LogP contribution < -0.4 is 0 Å². The molecule has 0 aromatic heterocycles. The van der Waals surface area contributed by atoms with Crippen LogP contribution in [0.1, 0.15) is 48.0 Å². The molecule has 0 saturated heterocycles. The van der Waals surface area contributed by atoms with E-state index in [1.807, 2.05) is 20.8 Å². The van der Waals surface area contributed by atoms with Gasteiger partial charge in [0.1, 0.15) is 0 Å². The van der Waals surface area contributed by atoms with E-state index in [0.29, 0.717) is 13.2 Å². The van der Waals surface area contributed by atoms with E-state index < -0.39 is 11.8 Å². The lowest BCUT2D eigenvalue weighted by Crippen LogP contribution is -2.37. The van der Waals surface area contributed by atoms with Crippen LogP contribution in [0.4, 0.5) is 0 Å². The first-order valence-corrected chi connectivity index (χ1v) is 7.61. The standard InChI is InChI=1S/C17H26O4/c1-7-13-10(4)11(5)14(16(18)20-8-2)15(12(13)6)17(19)21-9-3/h14-15H,7-9H2,1-6H3/t14-,15-/m1/s1. The van der Waals surface area contributed by atoms with Crippen LogP contribution in [0.2, 0.25) is 0 Å². The Morgan fingerprint density at radius 1 is 0.857 bits per heavy atom. The van der Waals surface area contributed by atoms with Crippen molar-refractivity contribution in [1.82, 2.24) is 0 Å². The molecule has 0 heterocycles. The summed E-state index contributed by atoms with van der Waals surface area (Å²) in [5.74, 6) is -1.82. The number of carbonyl (C=O) groups excluding carboxylic acids is 2. The summed E-state index contributed by atoms with van der Waals surface area (Å²) in [6.07, 6.45) is 0.834. The molecule has 1 aliphatic carbocycles. The molecular weight excluding hydrogens is 268 g/mol. The summed E-state index contributed by atoms with van der Waals surface area (Å²) in [5, 5.41) is 0. The molecule has 1 aliphatic rings. The quantitative estimate of drug-likeness (QED) is 0.729. The second-order valence-electron chi connectivity index (χ2n) is 5.28. The van der Waals surface area contributed by atoms with E-state index in [-0.39, 0.29) is 11.9 Å². The third-order valence-corrected chi connectivity index (χ3v) is 4.22. The molecule has 0 amide bonds. The fourth-order valence-electron chi connectivity index (χ4n) is 3.09. The number of ether oxygens (including phenoxy) is 2. The van der Waals surface area contributed by atoms with E-state index in [1.54, 1.807) is 13.8 Å². The van der Waals surface area contributed by atoms with Crippen LogP contribution in [0.15, 0.2) is 22.3 Å². The van der Waals surface area contributed by atoms with Gasteiger partial charge in [0.15, 0.2) is 0 Å². The monoisotopic (exact) mass is 294 g/mol. The molecule has 118 valence electrons. The van der Waals surface area contributed by atoms with Crippen molar-refractivity contribution in [2.24, 2.45) is 11.8 Å². The van der Waals surface area contributed by atoms with E-state index in [9.17, 15) is 9.59 Å². The highest BCUT2D eigenvalue weighted by molar-refractivity contribution is 5.88. The van der Waals surface area contributed by atoms with Gasteiger partial charge >= 0.3 is 11.9 Å². The van der Waals surface area contributed by atoms with Crippen LogP contribution in [-0.4, -0.2) is 25.2 Å². The first kappa shape index (κ1) is 17.5. The van der Waals surface area contributed by atoms with Crippen molar-refractivity contribution in [3.05, 3.63) is 22.3 Å². The summed E-state index contributed by atoms with van der Waals surface area (Å²) in [4.78, 5) is 24.7. The topological polar surface area (TPSA) is 52.6 Å². The first-order chi connectivity index (χ1) is 9.90. The Kier molecular flexibility index (Phi) is 6.19. The lowest BCUT2D eigenvalue weighted by molar-refractivity contribution is -0.157. The SMILES string of the molecule is CCOC(=O)[C@@H]1C(C)=C(C)C(CC)=C(C)[C@H]1C(=O)OCC. The van der Waals surface area contributed by atoms with Crippen LogP contribution in [0.5, 0.6) is 0 Å². The molecule has 0 unspecified atom stereocenters. The van der Waals surface area contributed by atoms with Crippen molar-refractivity contribution in [2.75, 3.05) is 13.2 Å². The van der Waals surface area contributed by atoms with E-state index in [4.69, 9.17) is 9.47 Å². The molecule has 0 saturated carbocycles. The molecule has 0 aromatic carbocycles. The highest BCUT2D eigenvalue weighted by Gasteiger charge is 2.42. The maximum absolute atomic E-state index is 12.4. The third-order valence-electron chi connectivity index (χ3n) is 4.22. The minimum atomic E-state index is -0.570. The van der Waals surface area contributed by atoms with Crippen LogP contribution in [0, 0.1) is 11.8 Å². The number of carbonyl (C=O) groups is 2. The van der Waals surface area contributed by atoms with Gasteiger partial charge in [0.2, 0.25) is 0 Å². The molecule has 21 heavy (non-hydrogen) atoms. The minimum absolute atomic E-state index is 0.306. The second kappa shape index (κ2) is 7.43. The molecular formula is C17H26O4. The molecule has 0 N–H and O–H groups in total. The normalized spacial score (nSPS) is 22.4. The largest absolute Gasteiger partial charge is 0.466 e. The van der Waals surface area contributed by atoms with Crippen LogP contribution in [-0.2, 0) is 19.1 Å². The predicted octanol–water partition coefficient (Wildman–Crippen LogP) is 3.42. The highest BCUT2D eigenvalue weighted by atomic mass is 16.5. The van der Waals surface area contributed by atoms with E-state index in [1.165, 1.54) is 0 Å². The Morgan fingerprint density at radius 2 is 1.29 bits per heavy atom. The molecule has 1 rings (SSSR count). The van der Waals surface area contributed by atoms with Gasteiger partial charge in [0.05, 0.1) is 25.0 Å². The summed E-state index contributed by atoms with van der Waals surface area (Å²) in [6.45, 7) is 12.0. The van der Waals surface area contributed by atoms with Gasteiger partial charge in [-0.05, 0) is 52.2 Å². The smallest absolute Gasteiger partial charge is 0.314 e. The zero-order valence-electron chi connectivity index (χ0n) is 13.9. The average molecular weight is 294 g/mol. The zero-order valence-corrected chi connectivity index (χ0v) is 13.9. The molecule has 4 heteroatoms. The van der Waals surface area contributed by atoms with Crippen molar-refractivity contribution >= 4 is 11.9 Å². The second-order valence-corrected chi connectivity index (χ2v) is 5.28. The van der Waals surface area contributed by atoms with Crippen LogP contribution >= 0.6 is 0 Å². The minimum Gasteiger partial charge on any atom is -0.466 e. The average Bonchev–Trinajstić information content (AvgIpc) is 2.43. The third kappa shape index (κ3) is 3.36. The highest BCUT2D eigenvalue weighted by Crippen LogP contribution is 2.41. The summed E-state index contributed by atoms with van der Waals surface area (Å²) in [6, 6.07) is 0. The molecule has 0 aliphatic heterocycles. The Morgan fingerprint density at radius 3 is 1.67 bits per heavy atom. The molecule has 0 bridgehead atoms. The first-order valence-electron chi connectivity index (χ1n) is 7.61. The Bertz CT molecular complexity index is 485. The van der Waals surface area contributed by atoms with Gasteiger partial charge in [0.25, 0.3) is 0 Å².